The van der Waals surface area contributed by atoms with Crippen molar-refractivity contribution in [1.29, 1.82) is 0 Å². The molecule has 0 N–H and O–H groups in total. The molecule has 0 bridgehead atoms. The van der Waals surface area contributed by atoms with Crippen molar-refractivity contribution in [2.75, 3.05) is 24.5 Å². The molecule has 0 aromatic heterocycles. The van der Waals surface area contributed by atoms with Crippen LogP contribution in [0.15, 0.2) is 59.5 Å². The Balaban J connectivity index is 1.87. The van der Waals surface area contributed by atoms with E-state index in [4.69, 9.17) is 4.74 Å². The number of anilines is 1. The standard InChI is InChI=1S/C23H30N2O4S/c1-3-29-21-14-16-22(17-15-21)30(27,28)25(20-12-8-5-9-13-20)18-23(26)24(2)19-10-6-4-7-11-19/h5,8-9,12-17,19H,3-4,6-7,10-11,18H2,1-2H3. The zero-order valence-corrected chi connectivity index (χ0v) is 18.5. The molecule has 162 valence electrons. The van der Waals surface area contributed by atoms with Gasteiger partial charge < -0.3 is 9.64 Å². The fourth-order valence-electron chi connectivity index (χ4n) is 3.82. The van der Waals surface area contributed by atoms with Gasteiger partial charge in [0.15, 0.2) is 0 Å². The number of nitrogens with zero attached hydrogens (tertiary/aromatic N) is 2. The molecule has 0 saturated heterocycles. The Bertz CT molecular complexity index is 923. The van der Waals surface area contributed by atoms with Crippen LogP contribution >= 0.6 is 0 Å². The van der Waals surface area contributed by atoms with Crippen LogP contribution in [0.5, 0.6) is 5.75 Å². The van der Waals surface area contributed by atoms with Crippen molar-refractivity contribution in [1.82, 2.24) is 4.90 Å². The molecular formula is C23H30N2O4S. The van der Waals surface area contributed by atoms with Gasteiger partial charge in [0.05, 0.1) is 17.2 Å². The van der Waals surface area contributed by atoms with Crippen LogP contribution in [-0.4, -0.2) is 45.5 Å². The fraction of sp³-hybridized carbons (Fsp3) is 0.435. The van der Waals surface area contributed by atoms with Gasteiger partial charge in [-0.25, -0.2) is 8.42 Å². The number of ether oxygens (including phenoxy) is 1. The van der Waals surface area contributed by atoms with Gasteiger partial charge in [-0.15, -0.1) is 0 Å². The van der Waals surface area contributed by atoms with Crippen LogP contribution in [0.2, 0.25) is 0 Å². The lowest BCUT2D eigenvalue weighted by molar-refractivity contribution is -0.130. The normalized spacial score (nSPS) is 14.9. The number of sulfonamides is 1. The summed E-state index contributed by atoms with van der Waals surface area (Å²) >= 11 is 0. The number of para-hydroxylation sites is 1. The van der Waals surface area contributed by atoms with E-state index >= 15 is 0 Å². The molecule has 1 aliphatic carbocycles. The van der Waals surface area contributed by atoms with Crippen LogP contribution in [0.3, 0.4) is 0 Å². The summed E-state index contributed by atoms with van der Waals surface area (Å²) < 4.78 is 33.5. The van der Waals surface area contributed by atoms with Crippen molar-refractivity contribution in [3.63, 3.8) is 0 Å². The summed E-state index contributed by atoms with van der Waals surface area (Å²) in [5.41, 5.74) is 0.469. The molecular weight excluding hydrogens is 400 g/mol. The van der Waals surface area contributed by atoms with E-state index in [2.05, 4.69) is 0 Å². The second-order valence-corrected chi connectivity index (χ2v) is 9.41. The van der Waals surface area contributed by atoms with Crippen molar-refractivity contribution in [3.8, 4) is 5.75 Å². The van der Waals surface area contributed by atoms with Gasteiger partial charge in [-0.1, -0.05) is 37.5 Å². The van der Waals surface area contributed by atoms with E-state index in [1.165, 1.54) is 22.9 Å². The second-order valence-electron chi connectivity index (χ2n) is 7.55. The number of carbonyl (C=O) groups excluding carboxylic acids is 1. The van der Waals surface area contributed by atoms with E-state index in [0.717, 1.165) is 25.7 Å². The van der Waals surface area contributed by atoms with Gasteiger partial charge in [0.25, 0.3) is 10.0 Å². The Kier molecular flexibility index (Phi) is 7.37. The Morgan fingerprint density at radius 1 is 1.00 bits per heavy atom. The molecule has 0 heterocycles. The van der Waals surface area contributed by atoms with Gasteiger partial charge in [-0.05, 0) is 56.2 Å². The van der Waals surface area contributed by atoms with E-state index in [1.807, 2.05) is 13.0 Å². The molecule has 1 amide bonds. The van der Waals surface area contributed by atoms with Crippen LogP contribution in [0.4, 0.5) is 5.69 Å². The summed E-state index contributed by atoms with van der Waals surface area (Å²) in [7, 11) is -2.13. The third-order valence-corrected chi connectivity index (χ3v) is 7.35. The Hall–Kier alpha value is -2.54. The van der Waals surface area contributed by atoms with Crippen LogP contribution in [-0.2, 0) is 14.8 Å². The lowest BCUT2D eigenvalue weighted by atomic mass is 9.94. The maximum atomic E-state index is 13.5. The van der Waals surface area contributed by atoms with Crippen LogP contribution in [0.25, 0.3) is 0 Å². The van der Waals surface area contributed by atoms with E-state index in [-0.39, 0.29) is 23.4 Å². The predicted molar refractivity (Wildman–Crippen MR) is 118 cm³/mol. The summed E-state index contributed by atoms with van der Waals surface area (Å²) in [6.45, 7) is 2.15. The second kappa shape index (κ2) is 9.98. The third kappa shape index (κ3) is 5.14. The molecule has 0 atom stereocenters. The maximum absolute atomic E-state index is 13.5. The molecule has 2 aromatic carbocycles. The van der Waals surface area contributed by atoms with E-state index in [0.29, 0.717) is 18.0 Å². The monoisotopic (exact) mass is 430 g/mol. The molecule has 6 nitrogen and oxygen atoms in total. The quantitative estimate of drug-likeness (QED) is 0.633. The summed E-state index contributed by atoms with van der Waals surface area (Å²) in [5.74, 6) is 0.413. The average molecular weight is 431 g/mol. The highest BCUT2D eigenvalue weighted by atomic mass is 32.2. The molecule has 1 aliphatic rings. The van der Waals surface area contributed by atoms with Crippen molar-refractivity contribution in [2.24, 2.45) is 0 Å². The van der Waals surface area contributed by atoms with Gasteiger partial charge in [-0.2, -0.15) is 0 Å². The Labute approximate surface area is 179 Å². The van der Waals surface area contributed by atoms with Gasteiger partial charge >= 0.3 is 0 Å². The predicted octanol–water partition coefficient (Wildman–Crippen LogP) is 4.07. The lowest BCUT2D eigenvalue weighted by Crippen LogP contribution is -2.45. The highest BCUT2D eigenvalue weighted by Gasteiger charge is 2.30. The van der Waals surface area contributed by atoms with E-state index in [9.17, 15) is 13.2 Å². The third-order valence-electron chi connectivity index (χ3n) is 5.56. The summed E-state index contributed by atoms with van der Waals surface area (Å²) in [6.07, 6.45) is 5.35. The van der Waals surface area contributed by atoms with Gasteiger partial charge in [0.2, 0.25) is 5.91 Å². The van der Waals surface area contributed by atoms with Crippen molar-refractivity contribution in [2.45, 2.75) is 50.0 Å². The zero-order valence-electron chi connectivity index (χ0n) is 17.7. The highest BCUT2D eigenvalue weighted by molar-refractivity contribution is 7.92. The lowest BCUT2D eigenvalue weighted by Gasteiger charge is -2.33. The van der Waals surface area contributed by atoms with E-state index in [1.54, 1.807) is 48.3 Å². The number of carbonyl (C=O) groups is 1. The summed E-state index contributed by atoms with van der Waals surface area (Å²) in [5, 5.41) is 0. The largest absolute Gasteiger partial charge is 0.494 e. The molecule has 7 heteroatoms. The average Bonchev–Trinajstić information content (AvgIpc) is 2.78. The minimum atomic E-state index is -3.91. The number of hydrogen-bond acceptors (Lipinski definition) is 4. The van der Waals surface area contributed by atoms with Crippen LogP contribution in [0.1, 0.15) is 39.0 Å². The molecule has 30 heavy (non-hydrogen) atoms. The number of likely N-dealkylation sites (N-methyl/N-ethyl adjacent to an activating group) is 1. The molecule has 2 aromatic rings. The first-order valence-electron chi connectivity index (χ1n) is 10.5. The SMILES string of the molecule is CCOc1ccc(S(=O)(=O)N(CC(=O)N(C)C2CCCCC2)c2ccccc2)cc1. The number of rotatable bonds is 8. The van der Waals surface area contributed by atoms with Gasteiger partial charge in [-0.3, -0.25) is 9.10 Å². The molecule has 3 rings (SSSR count). The van der Waals surface area contributed by atoms with Crippen molar-refractivity contribution >= 4 is 21.6 Å². The molecule has 0 unspecified atom stereocenters. The first-order chi connectivity index (χ1) is 14.4. The number of amides is 1. The molecule has 1 fully saturated rings. The topological polar surface area (TPSA) is 66.9 Å². The zero-order chi connectivity index (χ0) is 21.6. The first kappa shape index (κ1) is 22.2. The summed E-state index contributed by atoms with van der Waals surface area (Å²) in [4.78, 5) is 14.9. The molecule has 0 aliphatic heterocycles. The maximum Gasteiger partial charge on any atom is 0.264 e. The number of benzene rings is 2. The fourth-order valence-corrected chi connectivity index (χ4v) is 5.23. The van der Waals surface area contributed by atoms with Crippen molar-refractivity contribution in [3.05, 3.63) is 54.6 Å². The van der Waals surface area contributed by atoms with Gasteiger partial charge in [0.1, 0.15) is 12.3 Å². The Morgan fingerprint density at radius 2 is 1.63 bits per heavy atom. The van der Waals surface area contributed by atoms with E-state index < -0.39 is 10.0 Å². The molecule has 1 saturated carbocycles. The van der Waals surface area contributed by atoms with Crippen LogP contribution in [0, 0.1) is 0 Å². The Morgan fingerprint density at radius 3 is 2.23 bits per heavy atom. The minimum absolute atomic E-state index is 0.128. The van der Waals surface area contributed by atoms with Crippen molar-refractivity contribution < 1.29 is 17.9 Å². The molecule has 0 radical (unpaired) electrons. The van der Waals surface area contributed by atoms with Gasteiger partial charge in [0, 0.05) is 13.1 Å². The summed E-state index contributed by atoms with van der Waals surface area (Å²) in [6, 6.07) is 15.3. The van der Waals surface area contributed by atoms with Crippen LogP contribution < -0.4 is 9.04 Å². The molecule has 0 spiro atoms. The number of hydrogen-bond donors (Lipinski definition) is 0. The smallest absolute Gasteiger partial charge is 0.264 e. The highest BCUT2D eigenvalue weighted by Crippen LogP contribution is 2.26. The first-order valence-corrected chi connectivity index (χ1v) is 11.9. The minimum Gasteiger partial charge on any atom is -0.494 e.